The fraction of sp³-hybridized carbons (Fsp3) is 0.444. The topological polar surface area (TPSA) is 89.0 Å². The van der Waals surface area contributed by atoms with Gasteiger partial charge in [0.15, 0.2) is 15.5 Å². The number of aromatic nitrogens is 2. The number of nitrogens with one attached hydrogen (secondary N) is 1. The molecule has 1 aromatic heterocycles. The average Bonchev–Trinajstić information content (AvgIpc) is 2.59. The van der Waals surface area contributed by atoms with Crippen molar-refractivity contribution in [2.75, 3.05) is 11.5 Å². The molecule has 16 heavy (non-hydrogen) atoms. The maximum Gasteiger partial charge on any atom is 0.272 e. The van der Waals surface area contributed by atoms with E-state index in [-0.39, 0.29) is 29.1 Å². The molecule has 1 aromatic rings. The van der Waals surface area contributed by atoms with Gasteiger partial charge < -0.3 is 5.32 Å². The second-order valence-electron chi connectivity index (χ2n) is 3.68. The van der Waals surface area contributed by atoms with Gasteiger partial charge in [-0.1, -0.05) is 0 Å². The minimum absolute atomic E-state index is 0.0129. The molecule has 0 bridgehead atoms. The Morgan fingerprint density at radius 3 is 2.88 bits per heavy atom. The third kappa shape index (κ3) is 2.54. The Balaban J connectivity index is 1.99. The maximum absolute atomic E-state index is 11.6. The first-order valence-electron chi connectivity index (χ1n) is 4.86. The number of amides is 1. The molecular formula is C9H11N3O3S. The molecule has 1 amide bonds. The first-order valence-corrected chi connectivity index (χ1v) is 6.68. The van der Waals surface area contributed by atoms with Gasteiger partial charge in [0, 0.05) is 12.2 Å². The Hall–Kier alpha value is -1.50. The molecule has 1 N–H and O–H groups in total. The summed E-state index contributed by atoms with van der Waals surface area (Å²) in [6.45, 7) is 0. The summed E-state index contributed by atoms with van der Waals surface area (Å²) in [7, 11) is -2.97. The molecule has 2 heterocycles. The van der Waals surface area contributed by atoms with E-state index in [1.165, 1.54) is 12.3 Å². The maximum atomic E-state index is 11.6. The molecule has 7 heteroatoms. The van der Waals surface area contributed by atoms with E-state index in [4.69, 9.17) is 0 Å². The predicted octanol–water partition coefficient (Wildman–Crippen LogP) is -0.607. The molecule has 0 saturated carbocycles. The molecule has 0 aliphatic carbocycles. The number of sulfone groups is 1. The van der Waals surface area contributed by atoms with Crippen LogP contribution in [0, 0.1) is 0 Å². The molecule has 1 aliphatic rings. The van der Waals surface area contributed by atoms with Crippen molar-refractivity contribution in [2.45, 2.75) is 12.5 Å². The van der Waals surface area contributed by atoms with Crippen LogP contribution in [0.4, 0.5) is 0 Å². The van der Waals surface area contributed by atoms with Gasteiger partial charge in [-0.2, -0.15) is 5.10 Å². The second-order valence-corrected chi connectivity index (χ2v) is 5.91. The standard InChI is InChI=1S/C9H11N3O3S/c13-9(8-2-1-4-10-12-8)11-7-3-5-16(14,15)6-7/h1-2,4,7H,3,5-6H2,(H,11,13). The molecular weight excluding hydrogens is 230 g/mol. The highest BCUT2D eigenvalue weighted by molar-refractivity contribution is 7.91. The molecule has 0 radical (unpaired) electrons. The summed E-state index contributed by atoms with van der Waals surface area (Å²) in [6.07, 6.45) is 1.94. The quantitative estimate of drug-likeness (QED) is 0.746. The van der Waals surface area contributed by atoms with Gasteiger partial charge in [-0.15, -0.1) is 5.10 Å². The first kappa shape index (κ1) is 11.0. The fourth-order valence-electron chi connectivity index (χ4n) is 1.59. The van der Waals surface area contributed by atoms with E-state index in [9.17, 15) is 13.2 Å². The third-order valence-electron chi connectivity index (χ3n) is 2.37. The van der Waals surface area contributed by atoms with Crippen molar-refractivity contribution in [3.05, 3.63) is 24.0 Å². The summed E-state index contributed by atoms with van der Waals surface area (Å²) in [5, 5.41) is 9.86. The molecule has 1 aliphatic heterocycles. The van der Waals surface area contributed by atoms with Crippen molar-refractivity contribution in [2.24, 2.45) is 0 Å². The van der Waals surface area contributed by atoms with E-state index in [1.54, 1.807) is 6.07 Å². The highest BCUT2D eigenvalue weighted by atomic mass is 32.2. The lowest BCUT2D eigenvalue weighted by molar-refractivity contribution is 0.0935. The summed E-state index contributed by atoms with van der Waals surface area (Å²) in [5.74, 6) is -0.229. The number of carbonyl (C=O) groups excluding carboxylic acids is 1. The molecule has 1 fully saturated rings. The molecule has 2 rings (SSSR count). The second kappa shape index (κ2) is 4.17. The predicted molar refractivity (Wildman–Crippen MR) is 56.6 cm³/mol. The van der Waals surface area contributed by atoms with Crippen molar-refractivity contribution in [3.63, 3.8) is 0 Å². The van der Waals surface area contributed by atoms with Gasteiger partial charge in [-0.25, -0.2) is 8.42 Å². The van der Waals surface area contributed by atoms with Crippen LogP contribution in [0.1, 0.15) is 16.9 Å². The Morgan fingerprint density at radius 2 is 2.31 bits per heavy atom. The van der Waals surface area contributed by atoms with Crippen LogP contribution in [0.3, 0.4) is 0 Å². The summed E-state index contributed by atoms with van der Waals surface area (Å²) < 4.78 is 22.4. The zero-order valence-corrected chi connectivity index (χ0v) is 9.27. The summed E-state index contributed by atoms with van der Waals surface area (Å²) in [4.78, 5) is 11.6. The van der Waals surface area contributed by atoms with E-state index in [2.05, 4.69) is 15.5 Å². The zero-order valence-electron chi connectivity index (χ0n) is 8.46. The molecule has 86 valence electrons. The summed E-state index contributed by atoms with van der Waals surface area (Å²) in [6, 6.07) is 2.83. The lowest BCUT2D eigenvalue weighted by Gasteiger charge is -2.09. The number of hydrogen-bond acceptors (Lipinski definition) is 5. The van der Waals surface area contributed by atoms with Crippen LogP contribution in [0.5, 0.6) is 0 Å². The summed E-state index contributed by atoms with van der Waals surface area (Å²) in [5.41, 5.74) is 0.201. The van der Waals surface area contributed by atoms with Crippen LogP contribution in [0.2, 0.25) is 0 Å². The third-order valence-corrected chi connectivity index (χ3v) is 4.14. The number of nitrogens with zero attached hydrogens (tertiary/aromatic N) is 2. The summed E-state index contributed by atoms with van der Waals surface area (Å²) >= 11 is 0. The molecule has 1 atom stereocenters. The fourth-order valence-corrected chi connectivity index (χ4v) is 3.26. The van der Waals surface area contributed by atoms with Crippen LogP contribution in [0.15, 0.2) is 18.3 Å². The molecule has 1 unspecified atom stereocenters. The minimum Gasteiger partial charge on any atom is -0.347 e. The van der Waals surface area contributed by atoms with Gasteiger partial charge in [0.25, 0.3) is 5.91 Å². The van der Waals surface area contributed by atoms with Crippen molar-refractivity contribution < 1.29 is 13.2 Å². The van der Waals surface area contributed by atoms with Crippen LogP contribution < -0.4 is 5.32 Å². The van der Waals surface area contributed by atoms with Gasteiger partial charge in [0.1, 0.15) is 0 Å². The zero-order chi connectivity index (χ0) is 11.6. The van der Waals surface area contributed by atoms with E-state index in [1.807, 2.05) is 0 Å². The lowest BCUT2D eigenvalue weighted by Crippen LogP contribution is -2.36. The molecule has 6 nitrogen and oxygen atoms in total. The smallest absolute Gasteiger partial charge is 0.272 e. The first-order chi connectivity index (χ1) is 7.57. The minimum atomic E-state index is -2.97. The van der Waals surface area contributed by atoms with Crippen molar-refractivity contribution in [3.8, 4) is 0 Å². The Labute approximate surface area is 93.0 Å². The van der Waals surface area contributed by atoms with E-state index in [0.717, 1.165) is 0 Å². The van der Waals surface area contributed by atoms with E-state index < -0.39 is 9.84 Å². The van der Waals surface area contributed by atoms with Crippen LogP contribution >= 0.6 is 0 Å². The van der Waals surface area contributed by atoms with Gasteiger partial charge in [-0.05, 0) is 18.6 Å². The van der Waals surface area contributed by atoms with Crippen molar-refractivity contribution >= 4 is 15.7 Å². The van der Waals surface area contributed by atoms with Crippen LogP contribution in [-0.4, -0.2) is 42.1 Å². The molecule has 0 aromatic carbocycles. The number of rotatable bonds is 2. The van der Waals surface area contributed by atoms with E-state index >= 15 is 0 Å². The Bertz CT molecular complexity index is 486. The van der Waals surface area contributed by atoms with Crippen molar-refractivity contribution in [1.82, 2.24) is 15.5 Å². The van der Waals surface area contributed by atoms with Gasteiger partial charge in [0.05, 0.1) is 11.5 Å². The van der Waals surface area contributed by atoms with Crippen LogP contribution in [-0.2, 0) is 9.84 Å². The highest BCUT2D eigenvalue weighted by Gasteiger charge is 2.29. The normalized spacial score (nSPS) is 22.9. The highest BCUT2D eigenvalue weighted by Crippen LogP contribution is 2.11. The monoisotopic (exact) mass is 241 g/mol. The largest absolute Gasteiger partial charge is 0.347 e. The Kier molecular flexibility index (Phi) is 2.86. The lowest BCUT2D eigenvalue weighted by atomic mass is 10.2. The van der Waals surface area contributed by atoms with Gasteiger partial charge in [-0.3, -0.25) is 4.79 Å². The van der Waals surface area contributed by atoms with Gasteiger partial charge >= 0.3 is 0 Å². The SMILES string of the molecule is O=C(NC1CCS(=O)(=O)C1)c1cccnn1. The molecule has 0 spiro atoms. The van der Waals surface area contributed by atoms with Gasteiger partial charge in [0.2, 0.25) is 0 Å². The average molecular weight is 241 g/mol. The number of carbonyl (C=O) groups is 1. The number of hydrogen-bond donors (Lipinski definition) is 1. The Morgan fingerprint density at radius 1 is 1.50 bits per heavy atom. The van der Waals surface area contributed by atoms with Crippen molar-refractivity contribution in [1.29, 1.82) is 0 Å². The van der Waals surface area contributed by atoms with E-state index in [0.29, 0.717) is 6.42 Å². The molecule has 1 saturated heterocycles. The van der Waals surface area contributed by atoms with Crippen LogP contribution in [0.25, 0.3) is 0 Å².